The first-order valence-corrected chi connectivity index (χ1v) is 18.1. The Kier molecular flexibility index (Phi) is 9.03. The van der Waals surface area contributed by atoms with Gasteiger partial charge in [0.05, 0.1) is 27.8 Å². The maximum absolute atomic E-state index is 15.5. The average Bonchev–Trinajstić information content (AvgIpc) is 3.91. The van der Waals surface area contributed by atoms with E-state index < -0.39 is 28.5 Å². The van der Waals surface area contributed by atoms with Crippen molar-refractivity contribution in [1.29, 1.82) is 0 Å². The maximum atomic E-state index is 15.5. The summed E-state index contributed by atoms with van der Waals surface area (Å²) in [5.74, 6) is -1.31. The Morgan fingerprint density at radius 2 is 1.43 bits per heavy atom. The molecule has 2 N–H and O–H groups in total. The molecule has 1 aliphatic carbocycles. The van der Waals surface area contributed by atoms with Crippen molar-refractivity contribution < 1.29 is 22.8 Å². The lowest BCUT2D eigenvalue weighted by Crippen LogP contribution is -2.48. The molecule has 3 aliphatic rings. The van der Waals surface area contributed by atoms with Crippen molar-refractivity contribution in [2.24, 2.45) is 0 Å². The number of anilines is 4. The second-order valence-electron chi connectivity index (χ2n) is 14.1. The highest BCUT2D eigenvalue weighted by Crippen LogP contribution is 2.39. The normalized spacial score (nSPS) is 16.7. The highest BCUT2D eigenvalue weighted by Gasteiger charge is 2.28. The third-order valence-corrected chi connectivity index (χ3v) is 10.6. The van der Waals surface area contributed by atoms with E-state index in [1.807, 2.05) is 28.3 Å². The van der Waals surface area contributed by atoms with Crippen molar-refractivity contribution in [3.8, 4) is 11.5 Å². The maximum Gasteiger partial charge on any atom is 0.327 e. The van der Waals surface area contributed by atoms with Crippen LogP contribution in [-0.2, 0) is 11.3 Å². The molecular weight excluding hydrogens is 702 g/mol. The molecule has 0 unspecified atom stereocenters. The van der Waals surface area contributed by atoms with Gasteiger partial charge in [-0.1, -0.05) is 5.10 Å². The second-order valence-corrected chi connectivity index (χ2v) is 14.1. The Balaban J connectivity index is 1.03. The van der Waals surface area contributed by atoms with Gasteiger partial charge in [0, 0.05) is 89.6 Å². The van der Waals surface area contributed by atoms with E-state index in [9.17, 15) is 19.2 Å². The summed E-state index contributed by atoms with van der Waals surface area (Å²) in [6, 6.07) is 4.71. The summed E-state index contributed by atoms with van der Waals surface area (Å²) in [5.41, 5.74) is 0.763. The molecule has 0 radical (unpaired) electrons. The van der Waals surface area contributed by atoms with Gasteiger partial charge in [0.2, 0.25) is 16.8 Å². The van der Waals surface area contributed by atoms with Gasteiger partial charge in [0.1, 0.15) is 22.9 Å². The lowest BCUT2D eigenvalue weighted by atomic mass is 10.1. The summed E-state index contributed by atoms with van der Waals surface area (Å²) in [4.78, 5) is 59.9. The Hall–Kier alpha value is -5.84. The number of urea groups is 1. The number of aryl methyl sites for hydroxylation is 1. The predicted molar refractivity (Wildman–Crippen MR) is 200 cm³/mol. The van der Waals surface area contributed by atoms with Gasteiger partial charge in [-0.25, -0.2) is 13.6 Å². The van der Waals surface area contributed by atoms with E-state index in [1.165, 1.54) is 19.1 Å². The van der Waals surface area contributed by atoms with Crippen molar-refractivity contribution in [1.82, 2.24) is 29.1 Å². The summed E-state index contributed by atoms with van der Waals surface area (Å²) >= 11 is 0. The minimum absolute atomic E-state index is 0.00680. The van der Waals surface area contributed by atoms with E-state index in [2.05, 4.69) is 25.7 Å². The number of benzene rings is 2. The lowest BCUT2D eigenvalue weighted by Gasteiger charge is -2.36. The monoisotopic (exact) mass is 742 g/mol. The van der Waals surface area contributed by atoms with Crippen LogP contribution in [0.5, 0.6) is 0 Å². The van der Waals surface area contributed by atoms with Crippen molar-refractivity contribution in [2.45, 2.75) is 39.3 Å². The van der Waals surface area contributed by atoms with Crippen LogP contribution in [0, 0.1) is 11.6 Å². The fraction of sp³-hybridized carbons (Fsp3) is 0.405. The van der Waals surface area contributed by atoms with E-state index in [0.717, 1.165) is 25.9 Å². The number of fused-ring (bicyclic) bond motifs is 2. The molecule has 5 aromatic rings. The largest absolute Gasteiger partial charge is 0.403 e. The molecule has 15 nitrogen and oxygen atoms in total. The van der Waals surface area contributed by atoms with E-state index in [-0.39, 0.29) is 45.9 Å². The zero-order valence-electron chi connectivity index (χ0n) is 30.2. The predicted octanol–water partition coefficient (Wildman–Crippen LogP) is 4.06. The van der Waals surface area contributed by atoms with E-state index in [4.69, 9.17) is 4.42 Å². The molecule has 1 saturated carbocycles. The molecule has 2 saturated heterocycles. The topological polar surface area (TPSA) is 154 Å². The van der Waals surface area contributed by atoms with E-state index in [1.54, 1.807) is 34.0 Å². The Labute approximate surface area is 307 Å². The van der Waals surface area contributed by atoms with Crippen LogP contribution >= 0.6 is 0 Å². The van der Waals surface area contributed by atoms with Crippen LogP contribution in [0.3, 0.4) is 0 Å². The quantitative estimate of drug-likeness (QED) is 0.250. The number of aromatic nitrogens is 4. The van der Waals surface area contributed by atoms with Crippen molar-refractivity contribution in [2.75, 3.05) is 79.8 Å². The molecule has 3 aromatic heterocycles. The minimum Gasteiger partial charge on any atom is -0.403 e. The zero-order valence-corrected chi connectivity index (χ0v) is 30.2. The number of carbonyl (C=O) groups excluding carboxylic acids is 2. The summed E-state index contributed by atoms with van der Waals surface area (Å²) in [6.07, 6.45) is 4.89. The Morgan fingerprint density at radius 1 is 0.815 bits per heavy atom. The van der Waals surface area contributed by atoms with Crippen molar-refractivity contribution in [3.05, 3.63) is 68.7 Å². The first kappa shape index (κ1) is 35.2. The van der Waals surface area contributed by atoms with Gasteiger partial charge in [0.15, 0.2) is 0 Å². The van der Waals surface area contributed by atoms with Crippen molar-refractivity contribution >= 4 is 56.8 Å². The van der Waals surface area contributed by atoms with E-state index >= 15 is 8.78 Å². The SMILES string of the molecule is CCn1cc(-c2nnc(NC(=O)Nc3cn(C4CC4)c4cc(N5CCN(C)CC5)c(F)cc4c3=O)o2)c(=O)c2cc(F)c(N3CCN(C(C)=O)CC3)cc21. The molecule has 0 bridgehead atoms. The number of amides is 3. The van der Waals surface area contributed by atoms with Crippen LogP contribution < -0.4 is 31.3 Å². The molecular formula is C37H40F2N10O5. The number of piperazine rings is 2. The van der Waals surface area contributed by atoms with Crippen LogP contribution in [-0.4, -0.2) is 100 Å². The van der Waals surface area contributed by atoms with E-state index in [0.29, 0.717) is 68.2 Å². The number of carbonyl (C=O) groups is 2. The molecule has 2 aliphatic heterocycles. The number of hydrogen-bond acceptors (Lipinski definition) is 10. The number of likely N-dealkylation sites (N-methyl/N-ethyl adjacent to an activating group) is 1. The first-order valence-electron chi connectivity index (χ1n) is 18.1. The van der Waals surface area contributed by atoms with Gasteiger partial charge in [-0.2, -0.15) is 0 Å². The second kappa shape index (κ2) is 13.9. The summed E-state index contributed by atoms with van der Waals surface area (Å²) in [5, 5.41) is 13.1. The summed E-state index contributed by atoms with van der Waals surface area (Å²) < 4.78 is 40.4. The lowest BCUT2D eigenvalue weighted by molar-refractivity contribution is -0.129. The molecule has 0 atom stereocenters. The zero-order chi connectivity index (χ0) is 37.8. The molecule has 5 heterocycles. The highest BCUT2D eigenvalue weighted by molar-refractivity contribution is 6.00. The smallest absolute Gasteiger partial charge is 0.327 e. The highest BCUT2D eigenvalue weighted by atomic mass is 19.1. The molecule has 8 rings (SSSR count). The van der Waals surface area contributed by atoms with Crippen LogP contribution in [0.1, 0.15) is 32.7 Å². The molecule has 3 amide bonds. The van der Waals surface area contributed by atoms with Gasteiger partial charge in [0.25, 0.3) is 5.89 Å². The number of rotatable bonds is 7. The fourth-order valence-electron chi connectivity index (χ4n) is 7.34. The number of pyridine rings is 2. The standard InChI is InChI=1S/C37H40F2N10O5/c1-4-45-19-25(33(51)23-15-26(38)31(17-29(23)45)48-13-11-46(12-14-48)21(2)50)35-42-43-37(54-35)41-36(53)40-28-20-49(22-5-6-22)30-18-32(27(39)16-24(30)34(28)52)47-9-7-44(3)8-10-47/h15-20,22H,4-14H2,1-3H3,(H2,40,41,43,53). The van der Waals surface area contributed by atoms with Crippen molar-refractivity contribution in [3.63, 3.8) is 0 Å². The molecule has 2 aromatic carbocycles. The number of halogens is 2. The van der Waals surface area contributed by atoms with Crippen LogP contribution in [0.25, 0.3) is 33.3 Å². The number of nitrogens with one attached hydrogen (secondary N) is 2. The molecule has 3 fully saturated rings. The Bertz CT molecular complexity index is 2420. The fourth-order valence-corrected chi connectivity index (χ4v) is 7.34. The van der Waals surface area contributed by atoms with Crippen LogP contribution in [0.4, 0.5) is 36.7 Å². The number of nitrogens with zero attached hydrogens (tertiary/aromatic N) is 8. The number of hydrogen-bond donors (Lipinski definition) is 2. The Morgan fingerprint density at radius 3 is 2.04 bits per heavy atom. The minimum atomic E-state index is -0.859. The van der Waals surface area contributed by atoms with Gasteiger partial charge in [-0.05, 0) is 51.1 Å². The summed E-state index contributed by atoms with van der Waals surface area (Å²) in [7, 11) is 2.02. The third-order valence-electron chi connectivity index (χ3n) is 10.6. The van der Waals surface area contributed by atoms with Gasteiger partial charge in [-0.3, -0.25) is 19.7 Å². The molecule has 282 valence electrons. The molecule has 0 spiro atoms. The van der Waals surface area contributed by atoms with Gasteiger partial charge in [-0.15, -0.1) is 5.10 Å². The summed E-state index contributed by atoms with van der Waals surface area (Å²) in [6.45, 7) is 8.60. The van der Waals surface area contributed by atoms with Gasteiger partial charge < -0.3 is 38.5 Å². The average molecular weight is 743 g/mol. The molecule has 54 heavy (non-hydrogen) atoms. The first-order chi connectivity index (χ1) is 26.0. The van der Waals surface area contributed by atoms with Gasteiger partial charge >= 0.3 is 12.0 Å². The third kappa shape index (κ3) is 6.52. The molecule has 17 heteroatoms. The van der Waals surface area contributed by atoms with Crippen LogP contribution in [0.2, 0.25) is 0 Å². The van der Waals surface area contributed by atoms with Crippen LogP contribution in [0.15, 0.2) is 50.7 Å².